The molecule has 1 unspecified atom stereocenters. The third-order valence-electron chi connectivity index (χ3n) is 11.8. The highest BCUT2D eigenvalue weighted by Crippen LogP contribution is 2.77. The second kappa shape index (κ2) is 6.14. The summed E-state index contributed by atoms with van der Waals surface area (Å²) in [6, 6.07) is 0. The van der Waals surface area contributed by atoms with Crippen molar-refractivity contribution in [2.75, 3.05) is 33.4 Å². The first-order valence-electron chi connectivity index (χ1n) is 13.0. The molecule has 0 radical (unpaired) electrons. The number of aliphatic hydroxyl groups excluding tert-OH is 1. The van der Waals surface area contributed by atoms with E-state index in [1.165, 1.54) is 0 Å². The lowest BCUT2D eigenvalue weighted by atomic mass is 9.43. The van der Waals surface area contributed by atoms with Crippen LogP contribution in [-0.2, 0) is 33.2 Å². The van der Waals surface area contributed by atoms with Crippen LogP contribution in [0.5, 0.6) is 0 Å². The molecule has 4 saturated carbocycles. The van der Waals surface area contributed by atoms with Crippen molar-refractivity contribution in [1.82, 2.24) is 0 Å². The average Bonchev–Trinajstić information content (AvgIpc) is 3.25. The second-order valence-electron chi connectivity index (χ2n) is 12.6. The van der Waals surface area contributed by atoms with E-state index < -0.39 is 23.3 Å². The summed E-state index contributed by atoms with van der Waals surface area (Å²) in [4.78, 5) is 0. The molecule has 0 aromatic carbocycles. The maximum Gasteiger partial charge on any atom is 0.226 e. The Labute approximate surface area is 194 Å². The van der Waals surface area contributed by atoms with Crippen molar-refractivity contribution < 1.29 is 38.3 Å². The number of fused-ring (bicyclic) bond motifs is 6. The summed E-state index contributed by atoms with van der Waals surface area (Å²) in [6.07, 6.45) is 6.09. The molecule has 4 spiro atoms. The zero-order valence-electron chi connectivity index (χ0n) is 19.7. The van der Waals surface area contributed by atoms with Crippen molar-refractivity contribution in [3.63, 3.8) is 0 Å². The highest BCUT2D eigenvalue weighted by Gasteiger charge is 2.82. The molecule has 4 aliphatic heterocycles. The van der Waals surface area contributed by atoms with Gasteiger partial charge in [-0.1, -0.05) is 13.8 Å². The summed E-state index contributed by atoms with van der Waals surface area (Å²) in [5.74, 6) is -0.291. The van der Waals surface area contributed by atoms with Crippen LogP contribution in [0.25, 0.3) is 0 Å². The van der Waals surface area contributed by atoms with Gasteiger partial charge < -0.3 is 38.3 Å². The Morgan fingerprint density at radius 3 is 2.48 bits per heavy atom. The predicted octanol–water partition coefficient (Wildman–Crippen LogP) is 2.32. The van der Waals surface area contributed by atoms with Crippen molar-refractivity contribution in [1.29, 1.82) is 0 Å². The normalized spacial score (nSPS) is 62.5. The van der Waals surface area contributed by atoms with Gasteiger partial charge in [0.2, 0.25) is 5.79 Å². The van der Waals surface area contributed by atoms with Crippen LogP contribution in [0.1, 0.15) is 58.8 Å². The van der Waals surface area contributed by atoms with E-state index in [0.29, 0.717) is 38.1 Å². The third kappa shape index (κ3) is 2.16. The minimum Gasteiger partial charge on any atom is -0.393 e. The fraction of sp³-hybridized carbons (Fsp3) is 1.00. The fourth-order valence-electron chi connectivity index (χ4n) is 10.5. The monoisotopic (exact) mass is 464 g/mol. The number of rotatable bonds is 0. The van der Waals surface area contributed by atoms with Gasteiger partial charge in [-0.25, -0.2) is 0 Å². The number of aliphatic hydroxyl groups is 1. The molecule has 1 N–H and O–H groups in total. The van der Waals surface area contributed by atoms with E-state index in [1.807, 2.05) is 0 Å². The van der Waals surface area contributed by atoms with E-state index in [4.69, 9.17) is 33.2 Å². The summed E-state index contributed by atoms with van der Waals surface area (Å²) in [5.41, 5.74) is -1.11. The number of hydrogen-bond donors (Lipinski definition) is 1. The van der Waals surface area contributed by atoms with Crippen molar-refractivity contribution in [2.24, 2.45) is 28.6 Å². The van der Waals surface area contributed by atoms with Crippen LogP contribution >= 0.6 is 0 Å². The molecule has 8 heteroatoms. The largest absolute Gasteiger partial charge is 0.393 e. The van der Waals surface area contributed by atoms with Crippen molar-refractivity contribution in [2.45, 2.75) is 93.8 Å². The molecule has 0 amide bonds. The second-order valence-corrected chi connectivity index (χ2v) is 12.6. The first-order chi connectivity index (χ1) is 15.8. The Bertz CT molecular complexity index is 863. The number of epoxide rings is 1. The lowest BCUT2D eigenvalue weighted by molar-refractivity contribution is -0.268. The van der Waals surface area contributed by atoms with Crippen LogP contribution in [0, 0.1) is 28.6 Å². The molecule has 8 rings (SSSR count). The molecule has 4 saturated heterocycles. The van der Waals surface area contributed by atoms with E-state index in [2.05, 4.69) is 13.8 Å². The summed E-state index contributed by atoms with van der Waals surface area (Å²) in [5, 5.41) is 11.9. The zero-order chi connectivity index (χ0) is 22.3. The minimum absolute atomic E-state index is 0.0741. The Kier molecular flexibility index (Phi) is 3.88. The van der Waals surface area contributed by atoms with Gasteiger partial charge in [-0.05, 0) is 49.9 Å². The molecule has 33 heavy (non-hydrogen) atoms. The van der Waals surface area contributed by atoms with Gasteiger partial charge in [0, 0.05) is 23.7 Å². The Morgan fingerprint density at radius 1 is 0.879 bits per heavy atom. The summed E-state index contributed by atoms with van der Waals surface area (Å²) in [7, 11) is 0. The predicted molar refractivity (Wildman–Crippen MR) is 112 cm³/mol. The van der Waals surface area contributed by atoms with E-state index in [9.17, 15) is 5.11 Å². The van der Waals surface area contributed by atoms with Crippen LogP contribution < -0.4 is 0 Å². The van der Waals surface area contributed by atoms with E-state index in [-0.39, 0.29) is 42.0 Å². The molecule has 10 atom stereocenters. The zero-order valence-corrected chi connectivity index (χ0v) is 19.7. The smallest absolute Gasteiger partial charge is 0.226 e. The van der Waals surface area contributed by atoms with Crippen molar-refractivity contribution >= 4 is 0 Å². The Morgan fingerprint density at radius 2 is 1.70 bits per heavy atom. The third-order valence-corrected chi connectivity index (χ3v) is 11.8. The Hall–Kier alpha value is -0.320. The van der Waals surface area contributed by atoms with Crippen LogP contribution in [0.4, 0.5) is 0 Å². The highest BCUT2D eigenvalue weighted by atomic mass is 16.9. The van der Waals surface area contributed by atoms with Crippen LogP contribution in [0.3, 0.4) is 0 Å². The van der Waals surface area contributed by atoms with Gasteiger partial charge in [0.25, 0.3) is 0 Å². The van der Waals surface area contributed by atoms with Gasteiger partial charge >= 0.3 is 0 Å². The fourth-order valence-corrected chi connectivity index (χ4v) is 10.5. The standard InChI is InChI=1S/C25H36O8/c1-20-5-6-22(28-7-8-29-22)11-23(20)18(33-23)9-15-16-3-4-24(21(16,2)10-17(26)19(15)20)25(32-14-30-24)12-27-13-31-25/h15-19,26H,3-14H2,1-2H3/t15-,16-,17-,18-,19+,20+,21-,23+,24+,25?/m0/s1. The summed E-state index contributed by atoms with van der Waals surface area (Å²) in [6.45, 7) is 6.90. The molecule has 0 aromatic rings. The topological polar surface area (TPSA) is 88.1 Å². The van der Waals surface area contributed by atoms with E-state index in [0.717, 1.165) is 38.5 Å². The Balaban J connectivity index is 1.17. The lowest BCUT2D eigenvalue weighted by Crippen LogP contribution is -2.68. The van der Waals surface area contributed by atoms with Gasteiger partial charge in [-0.15, -0.1) is 0 Å². The number of ether oxygens (including phenoxy) is 7. The molecule has 8 fully saturated rings. The molecule has 0 aromatic heterocycles. The first kappa shape index (κ1) is 20.8. The SMILES string of the molecule is C[C@]12C[C@H](O)[C@H]3[C@@H](C[C@@H]4O[C@]45CC4(CC[C@]35C)OCCO4)[C@@H]1CC[C@@]21OCOC12COCO2. The van der Waals surface area contributed by atoms with Gasteiger partial charge in [-0.3, -0.25) is 0 Å². The van der Waals surface area contributed by atoms with Gasteiger partial charge in [-0.2, -0.15) is 0 Å². The highest BCUT2D eigenvalue weighted by molar-refractivity contribution is 5.29. The number of hydrogen-bond acceptors (Lipinski definition) is 8. The maximum absolute atomic E-state index is 11.9. The van der Waals surface area contributed by atoms with Gasteiger partial charge in [0.15, 0.2) is 19.4 Å². The van der Waals surface area contributed by atoms with E-state index in [1.54, 1.807) is 0 Å². The molecular weight excluding hydrogens is 428 g/mol. The average molecular weight is 465 g/mol. The summed E-state index contributed by atoms with van der Waals surface area (Å²) < 4.78 is 43.2. The lowest BCUT2D eigenvalue weighted by Gasteiger charge is -2.62. The van der Waals surface area contributed by atoms with Gasteiger partial charge in [0.1, 0.15) is 17.8 Å². The molecule has 4 aliphatic carbocycles. The van der Waals surface area contributed by atoms with Crippen LogP contribution in [0.15, 0.2) is 0 Å². The minimum atomic E-state index is -0.851. The van der Waals surface area contributed by atoms with Crippen LogP contribution in [-0.4, -0.2) is 73.5 Å². The van der Waals surface area contributed by atoms with Crippen molar-refractivity contribution in [3.8, 4) is 0 Å². The van der Waals surface area contributed by atoms with Gasteiger partial charge in [0.05, 0.1) is 25.4 Å². The van der Waals surface area contributed by atoms with Crippen molar-refractivity contribution in [3.05, 3.63) is 0 Å². The maximum atomic E-state index is 11.9. The van der Waals surface area contributed by atoms with E-state index >= 15 is 0 Å². The molecular formula is C25H36O8. The molecule has 184 valence electrons. The molecule has 4 heterocycles. The molecule has 8 aliphatic rings. The van der Waals surface area contributed by atoms with Crippen LogP contribution in [0.2, 0.25) is 0 Å². The first-order valence-corrected chi connectivity index (χ1v) is 13.0. The quantitative estimate of drug-likeness (QED) is 0.547. The molecule has 8 nitrogen and oxygen atoms in total. The summed E-state index contributed by atoms with van der Waals surface area (Å²) >= 11 is 0. The molecule has 0 bridgehead atoms.